The van der Waals surface area contributed by atoms with Crippen molar-refractivity contribution in [2.24, 2.45) is 47.3 Å². The lowest BCUT2D eigenvalue weighted by Gasteiger charge is -2.59. The van der Waals surface area contributed by atoms with E-state index in [4.69, 9.17) is 38.6 Å². The van der Waals surface area contributed by atoms with Crippen molar-refractivity contribution in [2.45, 2.75) is 227 Å². The van der Waals surface area contributed by atoms with E-state index in [2.05, 4.69) is 119 Å². The molecule has 2 N–H and O–H groups in total. The van der Waals surface area contributed by atoms with Crippen LogP contribution in [0.15, 0.2) is 121 Å². The van der Waals surface area contributed by atoms with Crippen molar-refractivity contribution >= 4 is 11.9 Å². The van der Waals surface area contributed by atoms with E-state index in [1.165, 1.54) is 98.4 Å². The minimum atomic E-state index is -0.270. The molecular weight excluding hydrogens is 1110 g/mol. The molecule has 8 bridgehead atoms. The van der Waals surface area contributed by atoms with Crippen molar-refractivity contribution in [1.82, 2.24) is 0 Å². The van der Waals surface area contributed by atoms with Gasteiger partial charge < -0.3 is 38.6 Å². The number of hydrogen-bond donors (Lipinski definition) is 2. The van der Waals surface area contributed by atoms with Crippen molar-refractivity contribution in [3.05, 3.63) is 149 Å². The molecule has 10 heteroatoms. The maximum atomic E-state index is 12.5. The van der Waals surface area contributed by atoms with Gasteiger partial charge in [-0.25, -0.2) is 9.59 Å². The fourth-order valence-electron chi connectivity index (χ4n) is 15.1. The van der Waals surface area contributed by atoms with Crippen molar-refractivity contribution < 1.29 is 48.2 Å². The molecule has 13 rings (SSSR count). The van der Waals surface area contributed by atoms with E-state index in [1.54, 1.807) is 24.3 Å². The second-order valence-corrected chi connectivity index (χ2v) is 27.7. The third-order valence-corrected chi connectivity index (χ3v) is 21.7. The molecular formula is C79H112O10. The number of benzene rings is 5. The van der Waals surface area contributed by atoms with E-state index in [1.807, 2.05) is 67.6 Å². The van der Waals surface area contributed by atoms with E-state index >= 15 is 0 Å². The van der Waals surface area contributed by atoms with Crippen molar-refractivity contribution in [3.63, 3.8) is 0 Å². The Morgan fingerprint density at radius 2 is 0.618 bits per heavy atom. The maximum absolute atomic E-state index is 12.5. The van der Waals surface area contributed by atoms with Gasteiger partial charge in [0, 0.05) is 6.61 Å². The number of phenolic OH excluding ortho intramolecular Hbond substituents is 2. The number of carbonyl (C=O) groups is 2. The molecule has 8 fully saturated rings. The molecule has 5 atom stereocenters. The monoisotopic (exact) mass is 1220 g/mol. The zero-order chi connectivity index (χ0) is 64.3. The first-order valence-electron chi connectivity index (χ1n) is 34.5. The Bertz CT molecular complexity index is 2640. The number of aromatic hydroxyl groups is 2. The summed E-state index contributed by atoms with van der Waals surface area (Å²) in [5.41, 5.74) is 6.03. The molecule has 5 unspecified atom stereocenters. The van der Waals surface area contributed by atoms with Gasteiger partial charge in [0.25, 0.3) is 0 Å². The van der Waals surface area contributed by atoms with Crippen LogP contribution >= 0.6 is 0 Å². The van der Waals surface area contributed by atoms with Crippen LogP contribution in [0.1, 0.15) is 244 Å². The quantitative estimate of drug-likeness (QED) is 0.0392. The van der Waals surface area contributed by atoms with Crippen LogP contribution in [-0.2, 0) is 23.8 Å². The third-order valence-electron chi connectivity index (χ3n) is 21.7. The summed E-state index contributed by atoms with van der Waals surface area (Å²) in [6.45, 7) is 29.3. The summed E-state index contributed by atoms with van der Waals surface area (Å²) < 4.78 is 34.0. The highest BCUT2D eigenvalue weighted by atomic mass is 16.7. The van der Waals surface area contributed by atoms with Crippen molar-refractivity contribution in [1.29, 1.82) is 0 Å². The number of hydrogen-bond acceptors (Lipinski definition) is 10. The van der Waals surface area contributed by atoms with Gasteiger partial charge in [-0.1, -0.05) is 130 Å². The highest BCUT2D eigenvalue weighted by Gasteiger charge is 2.58. The number of esters is 2. The molecule has 0 aromatic heterocycles. The average Bonchev–Trinajstić information content (AvgIpc) is 0.827. The summed E-state index contributed by atoms with van der Waals surface area (Å²) in [6, 6.07) is 39.3. The summed E-state index contributed by atoms with van der Waals surface area (Å²) in [5.74, 6) is 11.2. The normalized spacial score (nSPS) is 26.3. The number of phenols is 2. The molecule has 0 spiro atoms. The minimum absolute atomic E-state index is 0.00453. The van der Waals surface area contributed by atoms with E-state index in [9.17, 15) is 9.59 Å². The highest BCUT2D eigenvalue weighted by Crippen LogP contribution is 2.61. The molecule has 0 saturated heterocycles. The second kappa shape index (κ2) is 33.9. The lowest BCUT2D eigenvalue weighted by atomic mass is 9.50. The van der Waals surface area contributed by atoms with Gasteiger partial charge in [0.05, 0.1) is 0 Å². The summed E-state index contributed by atoms with van der Waals surface area (Å²) in [6.07, 6.45) is 18.5. The topological polar surface area (TPSA) is 130 Å². The molecule has 10 nitrogen and oxygen atoms in total. The predicted molar refractivity (Wildman–Crippen MR) is 360 cm³/mol. The Hall–Kier alpha value is -6.00. The largest absolute Gasteiger partial charge is 0.508 e. The van der Waals surface area contributed by atoms with Crippen LogP contribution in [0.3, 0.4) is 0 Å². The van der Waals surface area contributed by atoms with Crippen LogP contribution in [0.5, 0.6) is 28.7 Å². The molecule has 8 aliphatic rings. The minimum Gasteiger partial charge on any atom is -0.508 e. The fraction of sp³-hybridized carbons (Fsp3) is 0.595. The molecule has 0 amide bonds. The molecule has 0 radical (unpaired) electrons. The van der Waals surface area contributed by atoms with Gasteiger partial charge >= 0.3 is 11.9 Å². The van der Waals surface area contributed by atoms with Gasteiger partial charge in [0.2, 0.25) is 0 Å². The Morgan fingerprint density at radius 3 is 0.854 bits per heavy atom. The third kappa shape index (κ3) is 19.8. The summed E-state index contributed by atoms with van der Waals surface area (Å²) >= 11 is 0. The molecule has 5 aromatic rings. The van der Waals surface area contributed by atoms with Gasteiger partial charge in [0.15, 0.2) is 20.0 Å². The van der Waals surface area contributed by atoms with Gasteiger partial charge in [-0.3, -0.25) is 0 Å². The molecule has 0 aliphatic heterocycles. The highest BCUT2D eigenvalue weighted by molar-refractivity contribution is 5.72. The smallest absolute Gasteiger partial charge is 0.344 e. The first-order chi connectivity index (χ1) is 42.7. The van der Waals surface area contributed by atoms with Crippen LogP contribution in [0.4, 0.5) is 0 Å². The standard InChI is InChI=1S/2C23H32O3.C13H20O2.2C10H14O/c2*1-4-15(2)18-5-7-21(8-6-18)25-14-22(24)26-23(3)19-10-16-9-17(12-19)13-20(23)11-16;1-4-11(3)12-6-8-13(9-7-12)15-10-14-5-2;2*1-3-8(2)9-4-6-10(11)7-5-9/h2*5-8,15-17,19-20H,4,9-14H2,1-3H3;6-9,11H,4-5,10H2,1-3H3;2*4-8,11H,3H2,1-2H3. The van der Waals surface area contributed by atoms with Crippen molar-refractivity contribution in [3.8, 4) is 28.7 Å². The van der Waals surface area contributed by atoms with Gasteiger partial charge in [-0.2, -0.15) is 0 Å². The van der Waals surface area contributed by atoms with Gasteiger partial charge in [-0.15, -0.1) is 0 Å². The van der Waals surface area contributed by atoms with Crippen LogP contribution in [0, 0.1) is 47.3 Å². The van der Waals surface area contributed by atoms with E-state index in [0.29, 0.717) is 78.2 Å². The Kier molecular flexibility index (Phi) is 26.8. The summed E-state index contributed by atoms with van der Waals surface area (Å²) in [4.78, 5) is 25.0. The van der Waals surface area contributed by atoms with Gasteiger partial charge in [0.1, 0.15) is 39.9 Å². The Morgan fingerprint density at radius 1 is 0.382 bits per heavy atom. The number of ether oxygens (including phenoxy) is 6. The lowest BCUT2D eigenvalue weighted by molar-refractivity contribution is -0.205. The first kappa shape index (κ1) is 70.5. The fourth-order valence-corrected chi connectivity index (χ4v) is 15.1. The molecule has 8 aliphatic carbocycles. The lowest BCUT2D eigenvalue weighted by Crippen LogP contribution is -2.58. The summed E-state index contributed by atoms with van der Waals surface area (Å²) in [5, 5.41) is 18.0. The van der Waals surface area contributed by atoms with Crippen molar-refractivity contribution in [2.75, 3.05) is 26.6 Å². The SMILES string of the molecule is CCC(C)c1ccc(O)cc1.CCC(C)c1ccc(O)cc1.CCC(C)c1ccc(OCC(=O)OC2(C)C3CC4CC(C3)CC2C4)cc1.CCC(C)c1ccc(OCC(=O)OC2(C)C3CC4CC(C3)CC2C4)cc1.CCOCOc1ccc(C(C)CC)cc1. The zero-order valence-electron chi connectivity index (χ0n) is 56.6. The number of carbonyl (C=O) groups excluding carboxylic acids is 2. The van der Waals surface area contributed by atoms with Crippen LogP contribution in [0.2, 0.25) is 0 Å². The second-order valence-electron chi connectivity index (χ2n) is 27.7. The number of rotatable bonds is 22. The molecule has 89 heavy (non-hydrogen) atoms. The van der Waals surface area contributed by atoms with Crippen LogP contribution in [-0.4, -0.2) is 60.0 Å². The molecule has 5 aromatic carbocycles. The Labute approximate surface area is 536 Å². The molecule has 488 valence electrons. The zero-order valence-corrected chi connectivity index (χ0v) is 56.6. The maximum Gasteiger partial charge on any atom is 0.344 e. The van der Waals surface area contributed by atoms with E-state index in [-0.39, 0.29) is 36.4 Å². The first-order valence-corrected chi connectivity index (χ1v) is 34.5. The predicted octanol–water partition coefficient (Wildman–Crippen LogP) is 20.1. The van der Waals surface area contributed by atoms with Gasteiger partial charge in [-0.05, 0) is 282 Å². The average molecular weight is 1220 g/mol. The molecule has 0 heterocycles. The van der Waals surface area contributed by atoms with Crippen LogP contribution in [0.25, 0.3) is 0 Å². The summed E-state index contributed by atoms with van der Waals surface area (Å²) in [7, 11) is 0. The van der Waals surface area contributed by atoms with Crippen LogP contribution < -0.4 is 14.2 Å². The molecule has 8 saturated carbocycles. The van der Waals surface area contributed by atoms with E-state index < -0.39 is 0 Å². The Balaban J connectivity index is 0.000000167. The van der Waals surface area contributed by atoms with E-state index in [0.717, 1.165) is 66.6 Å².